The van der Waals surface area contributed by atoms with Crippen LogP contribution in [0.5, 0.6) is 0 Å². The number of esters is 1. The van der Waals surface area contributed by atoms with Crippen LogP contribution < -0.4 is 5.32 Å². The first-order valence-electron chi connectivity index (χ1n) is 13.4. The highest BCUT2D eigenvalue weighted by Crippen LogP contribution is 2.35. The highest BCUT2D eigenvalue weighted by molar-refractivity contribution is 7.98. The lowest BCUT2D eigenvalue weighted by atomic mass is 9.95. The number of amides is 1. The monoisotopic (exact) mass is 650 g/mol. The summed E-state index contributed by atoms with van der Waals surface area (Å²) in [5.41, 5.74) is 2.44. The smallest absolute Gasteiger partial charge is 0.328 e. The molecule has 2 heterocycles. The minimum Gasteiger partial charge on any atom is -0.467 e. The summed E-state index contributed by atoms with van der Waals surface area (Å²) in [6, 6.07) is 10.4. The van der Waals surface area contributed by atoms with Crippen LogP contribution >= 0.6 is 46.6 Å². The minimum atomic E-state index is -0.859. The Kier molecular flexibility index (Phi) is 11.8. The molecular formula is C30H33Cl3N4O4S. The number of hydrogen-bond donors (Lipinski definition) is 2. The van der Waals surface area contributed by atoms with E-state index < -0.39 is 18.2 Å². The SMILES string of the molecule is COC(=O)[C@H](Cc1cn(Cc2ccc(Cl)cc2)cn1)NC(=O)C1CCN(C(O)/C=C/c2ccc(SC)c(Cl)c2Cl)CC1. The van der Waals surface area contributed by atoms with Crippen molar-refractivity contribution in [3.8, 4) is 0 Å². The summed E-state index contributed by atoms with van der Waals surface area (Å²) >= 11 is 20.2. The molecule has 12 heteroatoms. The lowest BCUT2D eigenvalue weighted by Gasteiger charge is -2.33. The topological polar surface area (TPSA) is 96.7 Å². The van der Waals surface area contributed by atoms with Crippen LogP contribution in [0.3, 0.4) is 0 Å². The maximum atomic E-state index is 13.1. The third-order valence-corrected chi connectivity index (χ3v) is 9.24. The Labute approximate surface area is 265 Å². The van der Waals surface area contributed by atoms with E-state index in [1.54, 1.807) is 18.5 Å². The average Bonchev–Trinajstić information content (AvgIpc) is 3.44. The molecule has 0 aliphatic carbocycles. The standard InChI is InChI=1S/C30H33Cl3N4O4S/c1-41-30(40)24(15-23-17-36(18-34-23)16-19-3-7-22(31)8-4-19)35-29(39)21-11-13-37(14-12-21)26(38)10-6-20-5-9-25(42-2)28(33)27(20)32/h3-10,17-18,21,24,26,38H,11-16H2,1-2H3,(H,35,39)/b10-6+/t24-,26?/m0/s1. The fraction of sp³-hybridized carbons (Fsp3) is 0.367. The van der Waals surface area contributed by atoms with Crippen molar-refractivity contribution in [2.24, 2.45) is 5.92 Å². The van der Waals surface area contributed by atoms with E-state index in [2.05, 4.69) is 10.3 Å². The third-order valence-electron chi connectivity index (χ3n) is 7.20. The Hall–Kier alpha value is -2.53. The maximum Gasteiger partial charge on any atom is 0.328 e. The number of benzene rings is 2. The molecule has 0 radical (unpaired) electrons. The number of halogens is 3. The van der Waals surface area contributed by atoms with Gasteiger partial charge in [-0.25, -0.2) is 9.78 Å². The Morgan fingerprint density at radius 3 is 2.52 bits per heavy atom. The van der Waals surface area contributed by atoms with Crippen molar-refractivity contribution >= 4 is 64.5 Å². The molecule has 0 saturated carbocycles. The van der Waals surface area contributed by atoms with Crippen LogP contribution in [0.15, 0.2) is 59.9 Å². The van der Waals surface area contributed by atoms with E-state index in [0.717, 1.165) is 16.0 Å². The summed E-state index contributed by atoms with van der Waals surface area (Å²) in [4.78, 5) is 32.8. The number of nitrogens with one attached hydrogen (secondary N) is 1. The Morgan fingerprint density at radius 1 is 1.14 bits per heavy atom. The Bertz CT molecular complexity index is 1410. The summed E-state index contributed by atoms with van der Waals surface area (Å²) in [5.74, 6) is -1.04. The molecule has 1 unspecified atom stereocenters. The molecule has 8 nitrogen and oxygen atoms in total. The fourth-order valence-electron chi connectivity index (χ4n) is 4.80. The number of aromatic nitrogens is 2. The van der Waals surface area contributed by atoms with Gasteiger partial charge in [-0.15, -0.1) is 11.8 Å². The fourth-order valence-corrected chi connectivity index (χ4v) is 6.10. The molecule has 3 aromatic rings. The quantitative estimate of drug-likeness (QED) is 0.207. The van der Waals surface area contributed by atoms with Crippen LogP contribution in [0, 0.1) is 5.92 Å². The van der Waals surface area contributed by atoms with E-state index >= 15 is 0 Å². The lowest BCUT2D eigenvalue weighted by molar-refractivity contribution is -0.145. The van der Waals surface area contributed by atoms with E-state index in [9.17, 15) is 14.7 Å². The minimum absolute atomic E-state index is 0.207. The molecule has 224 valence electrons. The van der Waals surface area contributed by atoms with Crippen molar-refractivity contribution in [2.45, 2.75) is 43.0 Å². The zero-order chi connectivity index (χ0) is 30.2. The van der Waals surface area contributed by atoms with Gasteiger partial charge in [0.15, 0.2) is 0 Å². The highest BCUT2D eigenvalue weighted by Gasteiger charge is 2.31. The second-order valence-corrected chi connectivity index (χ2v) is 12.1. The number of carbonyl (C=O) groups excluding carboxylic acids is 2. The van der Waals surface area contributed by atoms with Gasteiger partial charge in [0.05, 0.1) is 29.2 Å². The number of likely N-dealkylation sites (tertiary alicyclic amines) is 1. The first-order chi connectivity index (χ1) is 20.2. The van der Waals surface area contributed by atoms with Crippen molar-refractivity contribution in [3.63, 3.8) is 0 Å². The van der Waals surface area contributed by atoms with Crippen molar-refractivity contribution in [3.05, 3.63) is 86.9 Å². The molecule has 4 rings (SSSR count). The largest absolute Gasteiger partial charge is 0.467 e. The number of piperidine rings is 1. The number of aliphatic hydroxyl groups excluding tert-OH is 1. The van der Waals surface area contributed by atoms with Crippen LogP contribution in [-0.4, -0.2) is 70.2 Å². The number of carbonyl (C=O) groups is 2. The van der Waals surface area contributed by atoms with E-state index in [-0.39, 0.29) is 18.2 Å². The number of methoxy groups -OCH3 is 1. The van der Waals surface area contributed by atoms with Gasteiger partial charge in [0, 0.05) is 48.1 Å². The molecule has 0 spiro atoms. The van der Waals surface area contributed by atoms with Gasteiger partial charge in [-0.05, 0) is 54.5 Å². The van der Waals surface area contributed by atoms with Crippen LogP contribution in [0.1, 0.15) is 29.7 Å². The summed E-state index contributed by atoms with van der Waals surface area (Å²) in [6.07, 6.45) is 9.32. The van der Waals surface area contributed by atoms with E-state index in [1.807, 2.05) is 58.3 Å². The molecule has 1 aromatic heterocycles. The summed E-state index contributed by atoms with van der Waals surface area (Å²) in [6.45, 7) is 1.63. The molecule has 1 aliphatic heterocycles. The van der Waals surface area contributed by atoms with Crippen molar-refractivity contribution in [1.29, 1.82) is 0 Å². The van der Waals surface area contributed by atoms with Gasteiger partial charge in [0.2, 0.25) is 5.91 Å². The third kappa shape index (κ3) is 8.52. The number of rotatable bonds is 11. The van der Waals surface area contributed by atoms with E-state index in [4.69, 9.17) is 39.5 Å². The normalized spacial score (nSPS) is 16.0. The summed E-state index contributed by atoms with van der Waals surface area (Å²) < 4.78 is 6.87. The molecule has 0 bridgehead atoms. The Balaban J connectivity index is 1.30. The van der Waals surface area contributed by atoms with Crippen molar-refractivity contribution in [1.82, 2.24) is 19.8 Å². The number of imidazole rings is 1. The van der Waals surface area contributed by atoms with Gasteiger partial charge < -0.3 is 19.7 Å². The molecule has 2 N–H and O–H groups in total. The average molecular weight is 652 g/mol. The zero-order valence-electron chi connectivity index (χ0n) is 23.3. The molecule has 1 fully saturated rings. The van der Waals surface area contributed by atoms with Gasteiger partial charge in [0.1, 0.15) is 12.3 Å². The second-order valence-electron chi connectivity index (χ2n) is 10.0. The lowest BCUT2D eigenvalue weighted by Crippen LogP contribution is -2.49. The molecule has 1 amide bonds. The van der Waals surface area contributed by atoms with Crippen molar-refractivity contribution in [2.75, 3.05) is 26.5 Å². The summed E-state index contributed by atoms with van der Waals surface area (Å²) in [7, 11) is 1.30. The molecular weight excluding hydrogens is 619 g/mol. The van der Waals surface area contributed by atoms with Gasteiger partial charge in [0.25, 0.3) is 0 Å². The van der Waals surface area contributed by atoms with Gasteiger partial charge >= 0.3 is 5.97 Å². The maximum absolute atomic E-state index is 13.1. The van der Waals surface area contributed by atoms with Gasteiger partial charge in [-0.3, -0.25) is 9.69 Å². The van der Waals surface area contributed by atoms with Gasteiger partial charge in [-0.2, -0.15) is 0 Å². The van der Waals surface area contributed by atoms with Crippen LogP contribution in [0.2, 0.25) is 15.1 Å². The molecule has 2 atom stereocenters. The first-order valence-corrected chi connectivity index (χ1v) is 15.8. The number of thioether (sulfide) groups is 1. The molecule has 1 aliphatic rings. The molecule has 1 saturated heterocycles. The Morgan fingerprint density at radius 2 is 1.86 bits per heavy atom. The van der Waals surface area contributed by atoms with Gasteiger partial charge in [-0.1, -0.05) is 59.1 Å². The molecule has 2 aromatic carbocycles. The number of nitrogens with zero attached hydrogens (tertiary/aromatic N) is 3. The number of hydrogen-bond acceptors (Lipinski definition) is 7. The number of ether oxygens (including phenoxy) is 1. The van der Waals surface area contributed by atoms with Crippen LogP contribution in [0.4, 0.5) is 0 Å². The van der Waals surface area contributed by atoms with E-state index in [1.165, 1.54) is 18.9 Å². The highest BCUT2D eigenvalue weighted by atomic mass is 35.5. The first kappa shape index (κ1) is 32.4. The second kappa shape index (κ2) is 15.3. The number of aliphatic hydroxyl groups is 1. The predicted octanol–water partition coefficient (Wildman–Crippen LogP) is 5.56. The summed E-state index contributed by atoms with van der Waals surface area (Å²) in [5, 5.41) is 15.2. The van der Waals surface area contributed by atoms with Crippen LogP contribution in [-0.2, 0) is 27.3 Å². The zero-order valence-corrected chi connectivity index (χ0v) is 26.4. The molecule has 42 heavy (non-hydrogen) atoms. The predicted molar refractivity (Wildman–Crippen MR) is 168 cm³/mol. The van der Waals surface area contributed by atoms with E-state index in [0.29, 0.717) is 53.2 Å². The van der Waals surface area contributed by atoms with Crippen molar-refractivity contribution < 1.29 is 19.4 Å². The van der Waals surface area contributed by atoms with Crippen LogP contribution in [0.25, 0.3) is 6.08 Å².